The molecule has 0 bridgehead atoms. The summed E-state index contributed by atoms with van der Waals surface area (Å²) >= 11 is 1.26. The van der Waals surface area contributed by atoms with E-state index in [1.165, 1.54) is 18.0 Å². The molecule has 9 nitrogen and oxygen atoms in total. The zero-order chi connectivity index (χ0) is 27.8. The molecular formula is C29H32N6O3S. The van der Waals surface area contributed by atoms with E-state index in [1.807, 2.05) is 66.1 Å². The number of rotatable bonds is 11. The summed E-state index contributed by atoms with van der Waals surface area (Å²) in [7, 11) is 1.62. The maximum Gasteiger partial charge on any atom is 0.250 e. The van der Waals surface area contributed by atoms with Crippen molar-refractivity contribution in [2.45, 2.75) is 25.9 Å². The van der Waals surface area contributed by atoms with Gasteiger partial charge in [0.1, 0.15) is 11.5 Å². The summed E-state index contributed by atoms with van der Waals surface area (Å²) in [5.74, 6) is 1.28. The number of phenols is 1. The third kappa shape index (κ3) is 6.77. The van der Waals surface area contributed by atoms with Crippen LogP contribution < -0.4 is 15.1 Å². The highest BCUT2D eigenvalue weighted by atomic mass is 32.2. The Morgan fingerprint density at radius 2 is 1.79 bits per heavy atom. The molecule has 1 heterocycles. The summed E-state index contributed by atoms with van der Waals surface area (Å²) < 4.78 is 7.20. The minimum atomic E-state index is -0.306. The summed E-state index contributed by atoms with van der Waals surface area (Å²) in [4.78, 5) is 14.7. The van der Waals surface area contributed by atoms with Crippen LogP contribution in [0.15, 0.2) is 77.0 Å². The Kier molecular flexibility index (Phi) is 9.22. The number of thioether (sulfide) groups is 1. The van der Waals surface area contributed by atoms with Crippen molar-refractivity contribution in [2.24, 2.45) is 5.10 Å². The number of aromatic hydroxyl groups is 1. The highest BCUT2D eigenvalue weighted by Crippen LogP contribution is 2.29. The van der Waals surface area contributed by atoms with Crippen molar-refractivity contribution in [1.82, 2.24) is 20.2 Å². The molecule has 3 aromatic carbocycles. The third-order valence-corrected chi connectivity index (χ3v) is 7.07. The highest BCUT2D eigenvalue weighted by Gasteiger charge is 2.17. The van der Waals surface area contributed by atoms with Crippen molar-refractivity contribution >= 4 is 29.6 Å². The molecule has 0 aliphatic heterocycles. The zero-order valence-electron chi connectivity index (χ0n) is 22.5. The Labute approximate surface area is 232 Å². The largest absolute Gasteiger partial charge is 0.507 e. The summed E-state index contributed by atoms with van der Waals surface area (Å²) in [6, 6.07) is 21.0. The minimum absolute atomic E-state index is 0.0802. The van der Waals surface area contributed by atoms with Crippen LogP contribution in [0.25, 0.3) is 17.1 Å². The second kappa shape index (κ2) is 13.0. The third-order valence-electron chi connectivity index (χ3n) is 6.14. The number of anilines is 1. The molecule has 0 aliphatic carbocycles. The van der Waals surface area contributed by atoms with Crippen LogP contribution in [0.4, 0.5) is 5.69 Å². The van der Waals surface area contributed by atoms with E-state index in [0.717, 1.165) is 41.3 Å². The fraction of sp³-hybridized carbons (Fsp3) is 0.241. The lowest BCUT2D eigenvalue weighted by molar-refractivity contribution is -0.118. The SMILES string of the molecule is CCN(CC)c1ccc(/C=N/NC(=O)CSc2nnc(-c3ccc(OC)cc3)n2-c2ccc(C)cc2)c(O)c1. The molecule has 1 aromatic heterocycles. The number of amides is 1. The summed E-state index contributed by atoms with van der Waals surface area (Å²) in [5, 5.41) is 23.8. The smallest absolute Gasteiger partial charge is 0.250 e. The van der Waals surface area contributed by atoms with Gasteiger partial charge in [-0.05, 0) is 69.3 Å². The Hall–Kier alpha value is -4.31. The summed E-state index contributed by atoms with van der Waals surface area (Å²) in [5.41, 5.74) is 6.87. The lowest BCUT2D eigenvalue weighted by atomic mass is 10.2. The minimum Gasteiger partial charge on any atom is -0.507 e. The number of carbonyl (C=O) groups excluding carboxylic acids is 1. The molecule has 39 heavy (non-hydrogen) atoms. The van der Waals surface area contributed by atoms with Crippen molar-refractivity contribution in [3.63, 3.8) is 0 Å². The van der Waals surface area contributed by atoms with Crippen molar-refractivity contribution in [3.05, 3.63) is 77.9 Å². The molecule has 2 N–H and O–H groups in total. The molecule has 0 unspecified atom stereocenters. The van der Waals surface area contributed by atoms with Crippen LogP contribution >= 0.6 is 11.8 Å². The second-order valence-corrected chi connectivity index (χ2v) is 9.65. The average molecular weight is 545 g/mol. The van der Waals surface area contributed by atoms with Gasteiger partial charge in [0.2, 0.25) is 0 Å². The number of benzene rings is 3. The van der Waals surface area contributed by atoms with Gasteiger partial charge in [0.25, 0.3) is 5.91 Å². The van der Waals surface area contributed by atoms with Gasteiger partial charge in [-0.1, -0.05) is 29.5 Å². The van der Waals surface area contributed by atoms with Gasteiger partial charge in [-0.3, -0.25) is 9.36 Å². The van der Waals surface area contributed by atoms with Gasteiger partial charge in [0.05, 0.1) is 19.1 Å². The van der Waals surface area contributed by atoms with Crippen molar-refractivity contribution in [2.75, 3.05) is 30.9 Å². The van der Waals surface area contributed by atoms with Crippen molar-refractivity contribution in [3.8, 4) is 28.6 Å². The first kappa shape index (κ1) is 27.7. The van der Waals surface area contributed by atoms with Crippen LogP contribution in [-0.2, 0) is 4.79 Å². The van der Waals surface area contributed by atoms with Crippen LogP contribution in [0.1, 0.15) is 25.0 Å². The van der Waals surface area contributed by atoms with Crippen LogP contribution in [0.3, 0.4) is 0 Å². The molecule has 4 aromatic rings. The number of methoxy groups -OCH3 is 1. The van der Waals surface area contributed by atoms with Gasteiger partial charge in [-0.2, -0.15) is 5.10 Å². The fourth-order valence-corrected chi connectivity index (χ4v) is 4.72. The van der Waals surface area contributed by atoms with Crippen LogP contribution in [-0.4, -0.2) is 57.9 Å². The average Bonchev–Trinajstić information content (AvgIpc) is 3.38. The molecule has 0 saturated heterocycles. The van der Waals surface area contributed by atoms with Crippen LogP contribution in [0.5, 0.6) is 11.5 Å². The zero-order valence-corrected chi connectivity index (χ0v) is 23.3. The molecule has 0 spiro atoms. The number of hydrazone groups is 1. The van der Waals surface area contributed by atoms with E-state index < -0.39 is 0 Å². The summed E-state index contributed by atoms with van der Waals surface area (Å²) in [6.45, 7) is 7.84. The molecule has 0 aliphatic rings. The molecule has 0 radical (unpaired) electrons. The first-order chi connectivity index (χ1) is 18.9. The van der Waals surface area contributed by atoms with E-state index >= 15 is 0 Å². The number of nitrogens with one attached hydrogen (secondary N) is 1. The first-order valence-electron chi connectivity index (χ1n) is 12.6. The molecule has 0 atom stereocenters. The molecule has 1 amide bonds. The van der Waals surface area contributed by atoms with Gasteiger partial charge in [0, 0.05) is 41.7 Å². The molecule has 202 valence electrons. The molecular weight excluding hydrogens is 512 g/mol. The number of hydrogen-bond acceptors (Lipinski definition) is 8. The Bertz CT molecular complexity index is 1430. The molecule has 10 heteroatoms. The Morgan fingerprint density at radius 1 is 1.08 bits per heavy atom. The highest BCUT2D eigenvalue weighted by molar-refractivity contribution is 7.99. The number of aromatic nitrogens is 3. The van der Waals surface area contributed by atoms with E-state index in [4.69, 9.17) is 4.74 Å². The second-order valence-electron chi connectivity index (χ2n) is 8.70. The summed E-state index contributed by atoms with van der Waals surface area (Å²) in [6.07, 6.45) is 1.43. The number of carbonyl (C=O) groups is 1. The number of ether oxygens (including phenoxy) is 1. The topological polar surface area (TPSA) is 105 Å². The predicted octanol–water partition coefficient (Wildman–Crippen LogP) is 5.05. The Morgan fingerprint density at radius 3 is 2.44 bits per heavy atom. The van der Waals surface area contributed by atoms with Gasteiger partial charge < -0.3 is 14.7 Å². The predicted molar refractivity (Wildman–Crippen MR) is 156 cm³/mol. The van der Waals surface area contributed by atoms with Crippen LogP contribution in [0.2, 0.25) is 0 Å². The van der Waals surface area contributed by atoms with Gasteiger partial charge in [-0.15, -0.1) is 10.2 Å². The van der Waals surface area contributed by atoms with E-state index in [-0.39, 0.29) is 17.4 Å². The van der Waals surface area contributed by atoms with Gasteiger partial charge >= 0.3 is 0 Å². The molecule has 0 saturated carbocycles. The van der Waals surface area contributed by atoms with Crippen LogP contribution in [0, 0.1) is 6.92 Å². The van der Waals surface area contributed by atoms with Gasteiger partial charge in [0.15, 0.2) is 11.0 Å². The van der Waals surface area contributed by atoms with E-state index in [9.17, 15) is 9.90 Å². The number of phenolic OH excluding ortho intramolecular Hbond substituents is 1. The lowest BCUT2D eigenvalue weighted by Crippen LogP contribution is -2.21. The van der Waals surface area contributed by atoms with E-state index in [0.29, 0.717) is 16.5 Å². The number of aryl methyl sites for hydroxylation is 1. The standard InChI is InChI=1S/C29H32N6O3S/c1-5-34(6-2)24-14-9-22(26(36)17-24)18-30-31-27(37)19-39-29-33-32-28(21-10-15-25(38-4)16-11-21)35(29)23-12-7-20(3)8-13-23/h7-18,36H,5-6,19H2,1-4H3,(H,31,37)/b30-18+. The lowest BCUT2D eigenvalue weighted by Gasteiger charge is -2.21. The number of nitrogens with zero attached hydrogens (tertiary/aromatic N) is 5. The normalized spacial score (nSPS) is 11.1. The maximum absolute atomic E-state index is 12.6. The first-order valence-corrected chi connectivity index (χ1v) is 13.6. The maximum atomic E-state index is 12.6. The van der Waals surface area contributed by atoms with Gasteiger partial charge in [-0.25, -0.2) is 5.43 Å². The quantitative estimate of drug-likeness (QED) is 0.155. The monoisotopic (exact) mass is 544 g/mol. The fourth-order valence-electron chi connectivity index (χ4n) is 3.98. The van der Waals surface area contributed by atoms with Crippen molar-refractivity contribution in [1.29, 1.82) is 0 Å². The van der Waals surface area contributed by atoms with E-state index in [2.05, 4.69) is 39.5 Å². The molecule has 4 rings (SSSR count). The number of hydrogen-bond donors (Lipinski definition) is 2. The molecule has 0 fully saturated rings. The van der Waals surface area contributed by atoms with Crippen molar-refractivity contribution < 1.29 is 14.6 Å². The van der Waals surface area contributed by atoms with E-state index in [1.54, 1.807) is 19.2 Å². The Balaban J connectivity index is 1.46.